The van der Waals surface area contributed by atoms with Gasteiger partial charge in [0.05, 0.1) is 11.4 Å². The molecule has 0 saturated heterocycles. The quantitative estimate of drug-likeness (QED) is 0.720. The van der Waals surface area contributed by atoms with Gasteiger partial charge in [0.15, 0.2) is 0 Å². The Morgan fingerprint density at radius 1 is 1.22 bits per heavy atom. The van der Waals surface area contributed by atoms with Crippen LogP contribution < -0.4 is 26.6 Å². The number of urea groups is 1. The van der Waals surface area contributed by atoms with E-state index in [1.165, 1.54) is 18.0 Å². The molecule has 2 amide bonds. The van der Waals surface area contributed by atoms with Crippen molar-refractivity contribution in [3.05, 3.63) is 39.9 Å². The number of amides is 2. The fraction of sp³-hybridized carbons (Fsp3) is 0.312. The molecule has 4 rings (SSSR count). The Hall–Kier alpha value is -2.51. The van der Waals surface area contributed by atoms with E-state index in [4.69, 9.17) is 0 Å². The molecular formula is C16H18N6O. The van der Waals surface area contributed by atoms with E-state index >= 15 is 0 Å². The summed E-state index contributed by atoms with van der Waals surface area (Å²) in [5.41, 5.74) is 9.43. The molecule has 1 heterocycles. The molecule has 1 fully saturated rings. The van der Waals surface area contributed by atoms with Crippen molar-refractivity contribution < 1.29 is 4.79 Å². The number of allylic oxidation sites excluding steroid dienone is 1. The van der Waals surface area contributed by atoms with Crippen LogP contribution in [0.15, 0.2) is 39.7 Å². The van der Waals surface area contributed by atoms with Gasteiger partial charge in [0.2, 0.25) is 0 Å². The lowest BCUT2D eigenvalue weighted by Crippen LogP contribution is -2.51. The molecule has 1 saturated carbocycles. The van der Waals surface area contributed by atoms with Crippen molar-refractivity contribution in [3.63, 3.8) is 0 Å². The minimum atomic E-state index is -0.281. The molecule has 1 aliphatic heterocycles. The zero-order valence-electron chi connectivity index (χ0n) is 13.1. The molecule has 3 N–H and O–H groups in total. The predicted octanol–water partition coefficient (Wildman–Crippen LogP) is 0.822. The van der Waals surface area contributed by atoms with Gasteiger partial charge in [-0.3, -0.25) is 0 Å². The SMILES string of the molecule is CNN(NC)C(=O)Nc1cccc2c1=CC1=C(C3CC3)N=NC=21. The van der Waals surface area contributed by atoms with Crippen LogP contribution in [0.5, 0.6) is 0 Å². The van der Waals surface area contributed by atoms with Crippen molar-refractivity contribution in [2.75, 3.05) is 19.4 Å². The summed E-state index contributed by atoms with van der Waals surface area (Å²) in [6.45, 7) is 0. The Morgan fingerprint density at radius 2 is 2.00 bits per heavy atom. The first-order valence-electron chi connectivity index (χ1n) is 7.70. The standard InChI is InChI=1S/C16H18N6O/c1-17-22(18-2)16(23)19-13-5-3-4-10-11(13)8-12-14(9-6-7-9)20-21-15(10)12/h3-5,8-9,17-18H,6-7H2,1-2H3,(H,19,23). The molecular weight excluding hydrogens is 292 g/mol. The lowest BCUT2D eigenvalue weighted by Gasteiger charge is -2.19. The van der Waals surface area contributed by atoms with E-state index in [-0.39, 0.29) is 6.03 Å². The summed E-state index contributed by atoms with van der Waals surface area (Å²) >= 11 is 0. The van der Waals surface area contributed by atoms with Gasteiger partial charge in [-0.25, -0.2) is 15.6 Å². The van der Waals surface area contributed by atoms with Gasteiger partial charge < -0.3 is 5.32 Å². The fourth-order valence-electron chi connectivity index (χ4n) is 3.00. The first-order valence-corrected chi connectivity index (χ1v) is 7.70. The van der Waals surface area contributed by atoms with Gasteiger partial charge in [-0.05, 0) is 25.0 Å². The Morgan fingerprint density at radius 3 is 2.70 bits per heavy atom. The van der Waals surface area contributed by atoms with Crippen LogP contribution in [-0.2, 0) is 0 Å². The maximum absolute atomic E-state index is 12.2. The number of fused-ring (bicyclic) bond motifs is 2. The monoisotopic (exact) mass is 310 g/mol. The summed E-state index contributed by atoms with van der Waals surface area (Å²) in [6, 6.07) is 5.56. The van der Waals surface area contributed by atoms with Gasteiger partial charge in [0.1, 0.15) is 5.70 Å². The molecule has 0 bridgehead atoms. The second kappa shape index (κ2) is 5.29. The van der Waals surface area contributed by atoms with E-state index in [1.54, 1.807) is 14.1 Å². The molecule has 0 spiro atoms. The maximum atomic E-state index is 12.2. The van der Waals surface area contributed by atoms with Crippen LogP contribution in [0.1, 0.15) is 12.8 Å². The normalized spacial score (nSPS) is 17.9. The van der Waals surface area contributed by atoms with E-state index in [0.29, 0.717) is 5.92 Å². The van der Waals surface area contributed by atoms with E-state index in [2.05, 4.69) is 32.5 Å². The maximum Gasteiger partial charge on any atom is 0.351 e. The topological polar surface area (TPSA) is 81.1 Å². The summed E-state index contributed by atoms with van der Waals surface area (Å²) < 4.78 is 0. The van der Waals surface area contributed by atoms with Gasteiger partial charge in [-0.1, -0.05) is 12.1 Å². The number of hydrogen-bond donors (Lipinski definition) is 3. The molecule has 0 atom stereocenters. The van der Waals surface area contributed by atoms with Crippen LogP contribution in [0.25, 0.3) is 11.8 Å². The summed E-state index contributed by atoms with van der Waals surface area (Å²) in [4.78, 5) is 12.2. The lowest BCUT2D eigenvalue weighted by molar-refractivity contribution is 0.163. The van der Waals surface area contributed by atoms with E-state index in [1.807, 2.05) is 18.2 Å². The van der Waals surface area contributed by atoms with Gasteiger partial charge in [0.25, 0.3) is 0 Å². The molecule has 3 aliphatic rings. The van der Waals surface area contributed by atoms with Crippen LogP contribution >= 0.6 is 0 Å². The van der Waals surface area contributed by atoms with Crippen molar-refractivity contribution in [1.82, 2.24) is 16.0 Å². The van der Waals surface area contributed by atoms with Crippen molar-refractivity contribution in [2.24, 2.45) is 16.1 Å². The smallest absolute Gasteiger partial charge is 0.305 e. The highest BCUT2D eigenvalue weighted by Crippen LogP contribution is 2.44. The first-order chi connectivity index (χ1) is 11.2. The second-order valence-corrected chi connectivity index (χ2v) is 5.75. The van der Waals surface area contributed by atoms with Crippen molar-refractivity contribution in [2.45, 2.75) is 12.8 Å². The molecule has 118 valence electrons. The molecule has 0 radical (unpaired) electrons. The number of hydrazine groups is 2. The third-order valence-corrected chi connectivity index (χ3v) is 4.29. The Kier molecular flexibility index (Phi) is 3.24. The van der Waals surface area contributed by atoms with Crippen LogP contribution in [0.4, 0.5) is 10.5 Å². The average Bonchev–Trinajstić information content (AvgIpc) is 3.19. The number of azo groups is 1. The molecule has 1 aromatic rings. The Labute approximate surface area is 133 Å². The van der Waals surface area contributed by atoms with Gasteiger partial charge in [0, 0.05) is 36.0 Å². The molecule has 23 heavy (non-hydrogen) atoms. The third kappa shape index (κ3) is 2.25. The Bertz CT molecular complexity index is 861. The van der Waals surface area contributed by atoms with Crippen LogP contribution in [0.2, 0.25) is 0 Å². The summed E-state index contributed by atoms with van der Waals surface area (Å²) in [5.74, 6) is 0.555. The molecule has 2 aliphatic carbocycles. The highest BCUT2D eigenvalue weighted by atomic mass is 16.2. The summed E-state index contributed by atoms with van der Waals surface area (Å²) in [7, 11) is 3.34. The van der Waals surface area contributed by atoms with Gasteiger partial charge >= 0.3 is 6.03 Å². The number of hydrogen-bond acceptors (Lipinski definition) is 5. The van der Waals surface area contributed by atoms with Gasteiger partial charge in [-0.2, -0.15) is 10.2 Å². The van der Waals surface area contributed by atoms with Crippen LogP contribution in [0.3, 0.4) is 0 Å². The minimum absolute atomic E-state index is 0.281. The molecule has 1 aromatic carbocycles. The number of carbonyl (C=O) groups excluding carboxylic acids is 1. The van der Waals surface area contributed by atoms with Gasteiger partial charge in [-0.15, -0.1) is 5.11 Å². The number of benzene rings is 1. The molecule has 0 unspecified atom stereocenters. The molecule has 7 nitrogen and oxygen atoms in total. The lowest BCUT2D eigenvalue weighted by atomic mass is 10.1. The van der Waals surface area contributed by atoms with Crippen LogP contribution in [-0.4, -0.2) is 25.2 Å². The number of nitrogens with one attached hydrogen (secondary N) is 3. The third-order valence-electron chi connectivity index (χ3n) is 4.29. The number of carbonyl (C=O) groups is 1. The largest absolute Gasteiger partial charge is 0.351 e. The highest BCUT2D eigenvalue weighted by Gasteiger charge is 2.33. The molecule has 0 aromatic heterocycles. The first kappa shape index (κ1) is 14.1. The van der Waals surface area contributed by atoms with E-state index < -0.39 is 0 Å². The number of rotatable bonds is 4. The van der Waals surface area contributed by atoms with Crippen molar-refractivity contribution in [1.29, 1.82) is 0 Å². The predicted molar refractivity (Wildman–Crippen MR) is 87.1 cm³/mol. The van der Waals surface area contributed by atoms with E-state index in [9.17, 15) is 4.79 Å². The average molecular weight is 310 g/mol. The molecule has 7 heteroatoms. The number of nitrogens with zero attached hydrogens (tertiary/aromatic N) is 3. The second-order valence-electron chi connectivity index (χ2n) is 5.75. The zero-order chi connectivity index (χ0) is 16.0. The summed E-state index contributed by atoms with van der Waals surface area (Å²) in [5, 5.41) is 14.9. The Balaban J connectivity index is 1.75. The van der Waals surface area contributed by atoms with Crippen molar-refractivity contribution >= 4 is 23.5 Å². The summed E-state index contributed by atoms with van der Waals surface area (Å²) in [6.07, 6.45) is 4.48. The minimum Gasteiger partial charge on any atom is -0.305 e. The number of anilines is 1. The van der Waals surface area contributed by atoms with E-state index in [0.717, 1.165) is 33.1 Å². The highest BCUT2D eigenvalue weighted by molar-refractivity contribution is 5.92. The zero-order valence-corrected chi connectivity index (χ0v) is 13.1. The van der Waals surface area contributed by atoms with Crippen molar-refractivity contribution in [3.8, 4) is 0 Å². The fourth-order valence-corrected chi connectivity index (χ4v) is 3.00. The van der Waals surface area contributed by atoms with Crippen LogP contribution in [0, 0.1) is 5.92 Å².